The van der Waals surface area contributed by atoms with E-state index in [2.05, 4.69) is 40.5 Å². The third kappa shape index (κ3) is 4.14. The molecule has 1 saturated heterocycles. The minimum atomic E-state index is 0.129. The lowest BCUT2D eigenvalue weighted by Crippen LogP contribution is -2.38. The van der Waals surface area contributed by atoms with Crippen molar-refractivity contribution >= 4 is 5.91 Å². The molecular weight excluding hydrogens is 350 g/mol. The van der Waals surface area contributed by atoms with Crippen molar-refractivity contribution in [3.8, 4) is 0 Å². The summed E-state index contributed by atoms with van der Waals surface area (Å²) in [6.45, 7) is 3.27. The second-order valence-electron chi connectivity index (χ2n) is 7.39. The summed E-state index contributed by atoms with van der Waals surface area (Å²) in [5.41, 5.74) is 3.23. The molecule has 28 heavy (non-hydrogen) atoms. The summed E-state index contributed by atoms with van der Waals surface area (Å²) in [5, 5.41) is 3.88. The first-order valence-electron chi connectivity index (χ1n) is 9.92. The molecule has 0 radical (unpaired) electrons. The summed E-state index contributed by atoms with van der Waals surface area (Å²) in [5.74, 6) is 1.75. The highest BCUT2D eigenvalue weighted by atomic mass is 16.5. The van der Waals surface area contributed by atoms with Crippen molar-refractivity contribution in [2.24, 2.45) is 0 Å². The van der Waals surface area contributed by atoms with Gasteiger partial charge in [0.05, 0.1) is 0 Å². The Labute approximate surface area is 165 Å². The molecule has 3 aromatic rings. The van der Waals surface area contributed by atoms with Crippen molar-refractivity contribution in [2.45, 2.75) is 38.5 Å². The minimum Gasteiger partial charge on any atom is -0.339 e. The Morgan fingerprint density at radius 1 is 1.04 bits per heavy atom. The van der Waals surface area contributed by atoms with Gasteiger partial charge in [0.1, 0.15) is 0 Å². The fourth-order valence-electron chi connectivity index (χ4n) is 3.85. The molecule has 0 atom stereocenters. The van der Waals surface area contributed by atoms with Gasteiger partial charge in [-0.3, -0.25) is 4.79 Å². The molecule has 0 aliphatic carbocycles. The van der Waals surface area contributed by atoms with Gasteiger partial charge in [0.2, 0.25) is 5.89 Å². The van der Waals surface area contributed by atoms with Crippen molar-refractivity contribution in [2.75, 3.05) is 13.1 Å². The van der Waals surface area contributed by atoms with E-state index >= 15 is 0 Å². The molecule has 0 spiro atoms. The number of aryl methyl sites for hydroxylation is 3. The van der Waals surface area contributed by atoms with Crippen LogP contribution >= 0.6 is 0 Å². The van der Waals surface area contributed by atoms with E-state index in [1.54, 1.807) is 0 Å². The third-order valence-corrected chi connectivity index (χ3v) is 5.45. The van der Waals surface area contributed by atoms with Crippen LogP contribution in [0.25, 0.3) is 0 Å². The standard InChI is InChI=1S/C23H25N3O2/c1-17-24-22(28-25-17)20-13-15-26(16-14-20)23(27)21-10-6-5-9-19(21)12-11-18-7-3-2-4-8-18/h2-10,20H,11-16H2,1H3. The van der Waals surface area contributed by atoms with Crippen LogP contribution in [0.3, 0.4) is 0 Å². The maximum absolute atomic E-state index is 13.2. The Bertz CT molecular complexity index is 928. The number of aromatic nitrogens is 2. The molecule has 144 valence electrons. The Balaban J connectivity index is 1.41. The first-order valence-corrected chi connectivity index (χ1v) is 9.92. The van der Waals surface area contributed by atoms with Crippen molar-refractivity contribution in [3.05, 3.63) is 83.0 Å². The summed E-state index contributed by atoms with van der Waals surface area (Å²) in [4.78, 5) is 19.5. The maximum atomic E-state index is 13.2. The number of benzene rings is 2. The molecule has 4 rings (SSSR count). The van der Waals surface area contributed by atoms with Gasteiger partial charge in [0.25, 0.3) is 5.91 Å². The molecule has 5 nitrogen and oxygen atoms in total. The highest BCUT2D eigenvalue weighted by Gasteiger charge is 2.28. The number of piperidine rings is 1. The van der Waals surface area contributed by atoms with Crippen LogP contribution in [-0.4, -0.2) is 34.0 Å². The average Bonchev–Trinajstić information content (AvgIpc) is 3.19. The van der Waals surface area contributed by atoms with Gasteiger partial charge in [-0.25, -0.2) is 0 Å². The average molecular weight is 375 g/mol. The number of nitrogens with zero attached hydrogens (tertiary/aromatic N) is 3. The van der Waals surface area contributed by atoms with Gasteiger partial charge in [0.15, 0.2) is 5.82 Å². The molecule has 0 unspecified atom stereocenters. The molecule has 2 heterocycles. The van der Waals surface area contributed by atoms with Crippen LogP contribution in [0.2, 0.25) is 0 Å². The number of likely N-dealkylation sites (tertiary alicyclic amines) is 1. The molecule has 5 heteroatoms. The number of hydrogen-bond donors (Lipinski definition) is 0. The van der Waals surface area contributed by atoms with E-state index in [4.69, 9.17) is 4.52 Å². The summed E-state index contributed by atoms with van der Waals surface area (Å²) >= 11 is 0. The SMILES string of the molecule is Cc1noc(C2CCN(C(=O)c3ccccc3CCc3ccccc3)CC2)n1. The van der Waals surface area contributed by atoms with E-state index in [-0.39, 0.29) is 11.8 Å². The zero-order chi connectivity index (χ0) is 19.3. The van der Waals surface area contributed by atoms with Crippen molar-refractivity contribution in [3.63, 3.8) is 0 Å². The van der Waals surface area contributed by atoms with E-state index in [1.165, 1.54) is 5.56 Å². The molecule has 1 amide bonds. The summed E-state index contributed by atoms with van der Waals surface area (Å²) in [7, 11) is 0. The highest BCUT2D eigenvalue weighted by molar-refractivity contribution is 5.95. The predicted molar refractivity (Wildman–Crippen MR) is 107 cm³/mol. The van der Waals surface area contributed by atoms with E-state index in [0.29, 0.717) is 11.7 Å². The van der Waals surface area contributed by atoms with E-state index in [1.807, 2.05) is 36.1 Å². The molecule has 0 bridgehead atoms. The molecule has 1 aliphatic rings. The molecule has 2 aromatic carbocycles. The quantitative estimate of drug-likeness (QED) is 0.671. The van der Waals surface area contributed by atoms with E-state index in [9.17, 15) is 4.79 Å². The highest BCUT2D eigenvalue weighted by Crippen LogP contribution is 2.28. The lowest BCUT2D eigenvalue weighted by Gasteiger charge is -2.31. The van der Waals surface area contributed by atoms with Crippen molar-refractivity contribution in [1.82, 2.24) is 15.0 Å². The summed E-state index contributed by atoms with van der Waals surface area (Å²) in [6, 6.07) is 18.4. The summed E-state index contributed by atoms with van der Waals surface area (Å²) in [6.07, 6.45) is 3.52. The first kappa shape index (κ1) is 18.4. The van der Waals surface area contributed by atoms with Crippen LogP contribution in [-0.2, 0) is 12.8 Å². The third-order valence-electron chi connectivity index (χ3n) is 5.45. The number of hydrogen-bond acceptors (Lipinski definition) is 4. The van der Waals surface area contributed by atoms with Crippen molar-refractivity contribution in [1.29, 1.82) is 0 Å². The first-order chi connectivity index (χ1) is 13.7. The topological polar surface area (TPSA) is 59.2 Å². The second kappa shape index (κ2) is 8.38. The predicted octanol–water partition coefficient (Wildman–Crippen LogP) is 4.18. The Kier molecular flexibility index (Phi) is 5.51. The largest absolute Gasteiger partial charge is 0.339 e. The Hall–Kier alpha value is -2.95. The molecule has 1 aliphatic heterocycles. The van der Waals surface area contributed by atoms with Gasteiger partial charge in [-0.15, -0.1) is 0 Å². The monoisotopic (exact) mass is 375 g/mol. The second-order valence-corrected chi connectivity index (χ2v) is 7.39. The van der Waals surface area contributed by atoms with Crippen molar-refractivity contribution < 1.29 is 9.32 Å². The molecule has 0 N–H and O–H groups in total. The van der Waals surface area contributed by atoms with Gasteiger partial charge in [0, 0.05) is 24.6 Å². The lowest BCUT2D eigenvalue weighted by atomic mass is 9.94. The number of amides is 1. The smallest absolute Gasteiger partial charge is 0.254 e. The van der Waals surface area contributed by atoms with Gasteiger partial charge < -0.3 is 9.42 Å². The van der Waals surface area contributed by atoms with E-state index < -0.39 is 0 Å². The van der Waals surface area contributed by atoms with Crippen LogP contribution in [0.5, 0.6) is 0 Å². The number of carbonyl (C=O) groups is 1. The van der Waals surface area contributed by atoms with Gasteiger partial charge in [-0.2, -0.15) is 4.98 Å². The van der Waals surface area contributed by atoms with Gasteiger partial charge in [-0.1, -0.05) is 53.7 Å². The Morgan fingerprint density at radius 2 is 1.75 bits per heavy atom. The van der Waals surface area contributed by atoms with Gasteiger partial charge >= 0.3 is 0 Å². The number of rotatable bonds is 5. The molecule has 1 aromatic heterocycles. The van der Waals surface area contributed by atoms with Crippen LogP contribution in [0.4, 0.5) is 0 Å². The van der Waals surface area contributed by atoms with Crippen LogP contribution in [0, 0.1) is 6.92 Å². The van der Waals surface area contributed by atoms with Crippen LogP contribution in [0.15, 0.2) is 59.1 Å². The number of carbonyl (C=O) groups excluding carboxylic acids is 1. The van der Waals surface area contributed by atoms with E-state index in [0.717, 1.165) is 49.9 Å². The summed E-state index contributed by atoms with van der Waals surface area (Å²) < 4.78 is 5.31. The molecule has 0 saturated carbocycles. The lowest BCUT2D eigenvalue weighted by molar-refractivity contribution is 0.0703. The van der Waals surface area contributed by atoms with Gasteiger partial charge in [-0.05, 0) is 49.8 Å². The molecular formula is C23H25N3O2. The fourth-order valence-corrected chi connectivity index (χ4v) is 3.85. The normalized spacial score (nSPS) is 15.0. The van der Waals surface area contributed by atoms with Crippen LogP contribution in [0.1, 0.15) is 52.0 Å². The fraction of sp³-hybridized carbons (Fsp3) is 0.348. The minimum absolute atomic E-state index is 0.129. The Morgan fingerprint density at radius 3 is 2.46 bits per heavy atom. The maximum Gasteiger partial charge on any atom is 0.254 e. The zero-order valence-electron chi connectivity index (χ0n) is 16.2. The molecule has 1 fully saturated rings. The van der Waals surface area contributed by atoms with Crippen LogP contribution < -0.4 is 0 Å². The zero-order valence-corrected chi connectivity index (χ0v) is 16.2.